The summed E-state index contributed by atoms with van der Waals surface area (Å²) < 4.78 is 31.3. The topological polar surface area (TPSA) is 83.9 Å². The van der Waals surface area contributed by atoms with Crippen molar-refractivity contribution in [1.82, 2.24) is 4.31 Å². The zero-order valence-corrected chi connectivity index (χ0v) is 12.6. The number of hydrogen-bond acceptors (Lipinski definition) is 4. The highest BCUT2D eigenvalue weighted by atomic mass is 32.2. The van der Waals surface area contributed by atoms with Crippen LogP contribution in [-0.2, 0) is 14.8 Å². The molecule has 0 heterocycles. The number of rotatable bonds is 7. The van der Waals surface area contributed by atoms with Crippen molar-refractivity contribution < 1.29 is 23.1 Å². The molecule has 1 atom stereocenters. The van der Waals surface area contributed by atoms with E-state index < -0.39 is 16.0 Å². The van der Waals surface area contributed by atoms with Crippen LogP contribution in [0.15, 0.2) is 29.2 Å². The molecule has 1 aromatic rings. The average Bonchev–Trinajstić information content (AvgIpc) is 2.39. The van der Waals surface area contributed by atoms with Gasteiger partial charge in [0.15, 0.2) is 0 Å². The molecule has 0 bridgehead atoms. The fraction of sp³-hybridized carbons (Fsp3) is 0.462. The van der Waals surface area contributed by atoms with E-state index in [1.165, 1.54) is 35.7 Å². The number of benzene rings is 1. The minimum absolute atomic E-state index is 0.0527. The molecule has 112 valence electrons. The van der Waals surface area contributed by atoms with Crippen LogP contribution in [0.3, 0.4) is 0 Å². The van der Waals surface area contributed by atoms with Crippen molar-refractivity contribution >= 4 is 16.0 Å². The number of carbonyl (C=O) groups is 1. The first-order valence-electron chi connectivity index (χ1n) is 6.18. The molecule has 0 aliphatic carbocycles. The summed E-state index contributed by atoms with van der Waals surface area (Å²) in [6.07, 6.45) is 0. The van der Waals surface area contributed by atoms with E-state index in [1.807, 2.05) is 0 Å². The van der Waals surface area contributed by atoms with Crippen LogP contribution in [0.1, 0.15) is 24.2 Å². The number of hydrogen-bond donors (Lipinski definition) is 1. The molecule has 0 unspecified atom stereocenters. The van der Waals surface area contributed by atoms with Gasteiger partial charge in [-0.15, -0.1) is 0 Å². The molecule has 0 saturated heterocycles. The maximum Gasteiger partial charge on any atom is 0.335 e. The van der Waals surface area contributed by atoms with E-state index in [1.54, 1.807) is 13.8 Å². The highest BCUT2D eigenvalue weighted by Crippen LogP contribution is 2.19. The van der Waals surface area contributed by atoms with Gasteiger partial charge in [-0.05, 0) is 31.2 Å². The molecule has 7 heteroatoms. The van der Waals surface area contributed by atoms with Gasteiger partial charge in [-0.3, -0.25) is 0 Å². The number of sulfonamides is 1. The predicted octanol–water partition coefficient (Wildman–Crippen LogP) is 1.43. The number of carboxylic acids is 1. The Morgan fingerprint density at radius 3 is 2.30 bits per heavy atom. The maximum atomic E-state index is 12.5. The van der Waals surface area contributed by atoms with E-state index in [9.17, 15) is 13.2 Å². The molecule has 1 aromatic carbocycles. The monoisotopic (exact) mass is 301 g/mol. The molecule has 0 aromatic heterocycles. The molecule has 0 saturated carbocycles. The van der Waals surface area contributed by atoms with Gasteiger partial charge in [-0.1, -0.05) is 6.92 Å². The second-order valence-corrected chi connectivity index (χ2v) is 6.23. The van der Waals surface area contributed by atoms with Crippen LogP contribution < -0.4 is 0 Å². The largest absolute Gasteiger partial charge is 0.478 e. The summed E-state index contributed by atoms with van der Waals surface area (Å²) in [7, 11) is -2.14. The van der Waals surface area contributed by atoms with Crippen LogP contribution in [0, 0.1) is 0 Å². The third-order valence-electron chi connectivity index (χ3n) is 2.92. The molecule has 0 aliphatic heterocycles. The first kappa shape index (κ1) is 16.6. The lowest BCUT2D eigenvalue weighted by molar-refractivity contribution is 0.0696. The Balaban J connectivity index is 3.10. The van der Waals surface area contributed by atoms with Gasteiger partial charge in [0.2, 0.25) is 10.0 Å². The van der Waals surface area contributed by atoms with E-state index in [-0.39, 0.29) is 16.5 Å². The molecule has 6 nitrogen and oxygen atoms in total. The summed E-state index contributed by atoms with van der Waals surface area (Å²) in [5.41, 5.74) is 0.0527. The van der Waals surface area contributed by atoms with Crippen molar-refractivity contribution in [2.45, 2.75) is 24.8 Å². The van der Waals surface area contributed by atoms with Gasteiger partial charge in [-0.2, -0.15) is 4.31 Å². The molecule has 20 heavy (non-hydrogen) atoms. The van der Waals surface area contributed by atoms with Crippen LogP contribution in [0.5, 0.6) is 0 Å². The van der Waals surface area contributed by atoms with Gasteiger partial charge in [0.25, 0.3) is 0 Å². The van der Waals surface area contributed by atoms with Gasteiger partial charge in [0, 0.05) is 19.7 Å². The number of likely N-dealkylation sites (N-methyl/N-ethyl adjacent to an activating group) is 1. The number of ether oxygens (including phenoxy) is 1. The zero-order chi connectivity index (χ0) is 15.3. The fourth-order valence-corrected chi connectivity index (χ4v) is 3.57. The van der Waals surface area contributed by atoms with Gasteiger partial charge >= 0.3 is 5.97 Å². The molecule has 0 aliphatic rings. The highest BCUT2D eigenvalue weighted by Gasteiger charge is 2.27. The standard InChI is InChI=1S/C13H19NO5S/c1-4-14(10(2)9-19-3)20(17,18)12-7-5-11(6-8-12)13(15)16/h5-8,10H,4,9H2,1-3H3,(H,15,16)/t10-/m0/s1. The number of carboxylic acid groups (broad SMARTS) is 1. The first-order valence-corrected chi connectivity index (χ1v) is 7.62. The Hall–Kier alpha value is -1.44. The summed E-state index contributed by atoms with van der Waals surface area (Å²) in [6.45, 7) is 4.11. The van der Waals surface area contributed by atoms with Crippen LogP contribution >= 0.6 is 0 Å². The third-order valence-corrected chi connectivity index (χ3v) is 5.02. The van der Waals surface area contributed by atoms with Gasteiger partial charge < -0.3 is 9.84 Å². The van der Waals surface area contributed by atoms with Gasteiger partial charge in [0.05, 0.1) is 17.1 Å². The van der Waals surface area contributed by atoms with Gasteiger partial charge in [-0.25, -0.2) is 13.2 Å². The van der Waals surface area contributed by atoms with Crippen LogP contribution in [0.4, 0.5) is 0 Å². The van der Waals surface area contributed by atoms with Gasteiger partial charge in [0.1, 0.15) is 0 Å². The van der Waals surface area contributed by atoms with Crippen molar-refractivity contribution in [2.75, 3.05) is 20.3 Å². The Morgan fingerprint density at radius 2 is 1.90 bits per heavy atom. The Kier molecular flexibility index (Phi) is 5.67. The van der Waals surface area contributed by atoms with Crippen molar-refractivity contribution in [3.8, 4) is 0 Å². The fourth-order valence-electron chi connectivity index (χ4n) is 1.95. The molecule has 0 amide bonds. The normalized spacial score (nSPS) is 13.4. The maximum absolute atomic E-state index is 12.5. The molecular weight excluding hydrogens is 282 g/mol. The SMILES string of the molecule is CCN([C@@H](C)COC)S(=O)(=O)c1ccc(C(=O)O)cc1. The van der Waals surface area contributed by atoms with Crippen molar-refractivity contribution in [2.24, 2.45) is 0 Å². The molecule has 0 fully saturated rings. The summed E-state index contributed by atoms with van der Waals surface area (Å²) in [5, 5.41) is 8.82. The van der Waals surface area contributed by atoms with Crippen LogP contribution in [0.2, 0.25) is 0 Å². The molecule has 1 rings (SSSR count). The summed E-state index contributed by atoms with van der Waals surface area (Å²) >= 11 is 0. The minimum atomic E-state index is -3.65. The van der Waals surface area contributed by atoms with Crippen molar-refractivity contribution in [1.29, 1.82) is 0 Å². The first-order chi connectivity index (χ1) is 9.34. The summed E-state index contributed by atoms with van der Waals surface area (Å²) in [5.74, 6) is -1.09. The number of methoxy groups -OCH3 is 1. The summed E-state index contributed by atoms with van der Waals surface area (Å²) in [4.78, 5) is 10.8. The lowest BCUT2D eigenvalue weighted by Gasteiger charge is -2.26. The third kappa shape index (κ3) is 3.56. The van der Waals surface area contributed by atoms with E-state index in [4.69, 9.17) is 9.84 Å². The second kappa shape index (κ2) is 6.83. The van der Waals surface area contributed by atoms with Crippen molar-refractivity contribution in [3.63, 3.8) is 0 Å². The second-order valence-electron chi connectivity index (χ2n) is 4.34. The summed E-state index contributed by atoms with van der Waals surface area (Å²) in [6, 6.07) is 4.88. The smallest absolute Gasteiger partial charge is 0.335 e. The molecular formula is C13H19NO5S. The quantitative estimate of drug-likeness (QED) is 0.823. The van der Waals surface area contributed by atoms with E-state index >= 15 is 0 Å². The predicted molar refractivity (Wildman–Crippen MR) is 74.3 cm³/mol. The molecule has 0 spiro atoms. The van der Waals surface area contributed by atoms with E-state index in [2.05, 4.69) is 0 Å². The molecule has 1 N–H and O–H groups in total. The Labute approximate surface area is 119 Å². The number of aromatic carboxylic acids is 1. The van der Waals surface area contributed by atoms with Crippen molar-refractivity contribution in [3.05, 3.63) is 29.8 Å². The lowest BCUT2D eigenvalue weighted by Crippen LogP contribution is -2.40. The zero-order valence-electron chi connectivity index (χ0n) is 11.7. The average molecular weight is 301 g/mol. The lowest BCUT2D eigenvalue weighted by atomic mass is 10.2. The Morgan fingerprint density at radius 1 is 1.35 bits per heavy atom. The van der Waals surface area contributed by atoms with E-state index in [0.29, 0.717) is 13.2 Å². The highest BCUT2D eigenvalue weighted by molar-refractivity contribution is 7.89. The van der Waals surface area contributed by atoms with Crippen LogP contribution in [0.25, 0.3) is 0 Å². The Bertz CT molecular complexity index is 553. The number of nitrogens with zero attached hydrogens (tertiary/aromatic N) is 1. The minimum Gasteiger partial charge on any atom is -0.478 e. The molecule has 0 radical (unpaired) electrons. The van der Waals surface area contributed by atoms with E-state index in [0.717, 1.165) is 0 Å². The van der Waals surface area contributed by atoms with Crippen LogP contribution in [-0.4, -0.2) is 50.1 Å².